The van der Waals surface area contributed by atoms with Crippen LogP contribution in [0, 0.1) is 0 Å². The molecule has 0 saturated carbocycles. The molecule has 4 heteroatoms. The van der Waals surface area contributed by atoms with E-state index in [4.69, 9.17) is 13.9 Å². The molecular formula is C14H9NO3. The van der Waals surface area contributed by atoms with Gasteiger partial charge in [-0.05, 0) is 17.7 Å². The summed E-state index contributed by atoms with van der Waals surface area (Å²) in [6, 6.07) is 13.9. The SMILES string of the molecule is c1ccc(-c2ccc3oc4nc3c2OCO4)cc1. The Morgan fingerprint density at radius 3 is 2.72 bits per heavy atom. The van der Waals surface area contributed by atoms with Crippen LogP contribution in [0.5, 0.6) is 11.8 Å². The molecule has 18 heavy (non-hydrogen) atoms. The van der Waals surface area contributed by atoms with Gasteiger partial charge in [0.05, 0.1) is 0 Å². The highest BCUT2D eigenvalue weighted by molar-refractivity contribution is 5.89. The summed E-state index contributed by atoms with van der Waals surface area (Å²) in [6.45, 7) is 0.120. The van der Waals surface area contributed by atoms with Crippen molar-refractivity contribution in [3.8, 4) is 23.0 Å². The molecule has 0 radical (unpaired) electrons. The predicted octanol–water partition coefficient (Wildman–Crippen LogP) is 3.22. The van der Waals surface area contributed by atoms with Crippen LogP contribution >= 0.6 is 0 Å². The molecular weight excluding hydrogens is 230 g/mol. The van der Waals surface area contributed by atoms with Gasteiger partial charge in [0.2, 0.25) is 6.79 Å². The fraction of sp³-hybridized carbons (Fsp3) is 0.0714. The second-order valence-corrected chi connectivity index (χ2v) is 4.04. The maximum Gasteiger partial charge on any atom is 0.397 e. The molecule has 4 nitrogen and oxygen atoms in total. The lowest BCUT2D eigenvalue weighted by atomic mass is 10.0. The molecule has 0 N–H and O–H groups in total. The minimum absolute atomic E-state index is 0.120. The van der Waals surface area contributed by atoms with Gasteiger partial charge in [-0.25, -0.2) is 0 Å². The average Bonchev–Trinajstić information content (AvgIpc) is 2.71. The molecule has 1 aromatic heterocycles. The standard InChI is InChI=1S/C14H9NO3/c1-2-4-9(5-3-1)10-6-7-11-12-13(10)16-8-17-14(15-12)18-11/h1-7H,8H2. The molecule has 2 bridgehead atoms. The molecule has 0 amide bonds. The van der Waals surface area contributed by atoms with Gasteiger partial charge >= 0.3 is 6.08 Å². The molecule has 1 aliphatic rings. The largest absolute Gasteiger partial charge is 0.454 e. The molecule has 88 valence electrons. The summed E-state index contributed by atoms with van der Waals surface area (Å²) in [6.07, 6.45) is 0.258. The number of benzene rings is 2. The van der Waals surface area contributed by atoms with Crippen molar-refractivity contribution in [2.45, 2.75) is 0 Å². The molecule has 0 unspecified atom stereocenters. The Morgan fingerprint density at radius 1 is 0.944 bits per heavy atom. The van der Waals surface area contributed by atoms with Crippen molar-refractivity contribution >= 4 is 11.1 Å². The van der Waals surface area contributed by atoms with E-state index >= 15 is 0 Å². The molecule has 2 heterocycles. The fourth-order valence-corrected chi connectivity index (χ4v) is 2.14. The Labute approximate surface area is 103 Å². The number of oxazole rings is 1. The van der Waals surface area contributed by atoms with E-state index in [1.54, 1.807) is 0 Å². The highest BCUT2D eigenvalue weighted by Gasteiger charge is 2.20. The third-order valence-corrected chi connectivity index (χ3v) is 2.97. The monoisotopic (exact) mass is 239 g/mol. The van der Waals surface area contributed by atoms with Gasteiger partial charge in [0, 0.05) is 5.56 Å². The van der Waals surface area contributed by atoms with Crippen LogP contribution in [0.4, 0.5) is 0 Å². The van der Waals surface area contributed by atoms with Crippen LogP contribution in [-0.2, 0) is 0 Å². The Hall–Kier alpha value is -2.49. The number of hydrogen-bond donors (Lipinski definition) is 0. The molecule has 2 aromatic carbocycles. The zero-order valence-electron chi connectivity index (χ0n) is 9.42. The molecule has 0 atom stereocenters. The summed E-state index contributed by atoms with van der Waals surface area (Å²) in [5.74, 6) is 0.714. The van der Waals surface area contributed by atoms with Crippen molar-refractivity contribution in [3.63, 3.8) is 0 Å². The van der Waals surface area contributed by atoms with Gasteiger partial charge in [-0.3, -0.25) is 0 Å². The van der Waals surface area contributed by atoms with E-state index < -0.39 is 0 Å². The third kappa shape index (κ3) is 1.29. The number of nitrogens with zero attached hydrogens (tertiary/aromatic N) is 1. The fourth-order valence-electron chi connectivity index (χ4n) is 2.14. The van der Waals surface area contributed by atoms with E-state index in [0.29, 0.717) is 16.8 Å². The Bertz CT molecular complexity index is 718. The first-order chi connectivity index (χ1) is 8.92. The molecule has 1 aliphatic heterocycles. The van der Waals surface area contributed by atoms with Gasteiger partial charge in [0.25, 0.3) is 0 Å². The summed E-state index contributed by atoms with van der Waals surface area (Å²) in [4.78, 5) is 4.27. The molecule has 0 saturated heterocycles. The van der Waals surface area contributed by atoms with Gasteiger partial charge in [-0.15, -0.1) is 0 Å². The van der Waals surface area contributed by atoms with Gasteiger partial charge in [-0.2, -0.15) is 4.98 Å². The first kappa shape index (κ1) is 9.53. The van der Waals surface area contributed by atoms with Crippen molar-refractivity contribution < 1.29 is 13.9 Å². The van der Waals surface area contributed by atoms with E-state index in [0.717, 1.165) is 11.1 Å². The number of aromatic nitrogens is 1. The average molecular weight is 239 g/mol. The van der Waals surface area contributed by atoms with Crippen LogP contribution in [0.15, 0.2) is 46.9 Å². The summed E-state index contributed by atoms with van der Waals surface area (Å²) < 4.78 is 16.3. The van der Waals surface area contributed by atoms with E-state index in [9.17, 15) is 0 Å². The van der Waals surface area contributed by atoms with Crippen LogP contribution in [0.1, 0.15) is 0 Å². The molecule has 0 aliphatic carbocycles. The van der Waals surface area contributed by atoms with Crippen molar-refractivity contribution in [1.82, 2.24) is 4.98 Å². The van der Waals surface area contributed by atoms with Crippen LogP contribution in [0.25, 0.3) is 22.2 Å². The van der Waals surface area contributed by atoms with Crippen LogP contribution in [0.2, 0.25) is 0 Å². The van der Waals surface area contributed by atoms with E-state index in [2.05, 4.69) is 4.98 Å². The number of rotatable bonds is 1. The maximum absolute atomic E-state index is 5.63. The maximum atomic E-state index is 5.63. The lowest BCUT2D eigenvalue weighted by molar-refractivity contribution is 0.0939. The van der Waals surface area contributed by atoms with Gasteiger partial charge in [0.1, 0.15) is 0 Å². The Balaban J connectivity index is 2.03. The molecule has 3 aromatic rings. The quantitative estimate of drug-likeness (QED) is 0.654. The van der Waals surface area contributed by atoms with Crippen molar-refractivity contribution in [2.24, 2.45) is 0 Å². The van der Waals surface area contributed by atoms with Crippen molar-refractivity contribution in [1.29, 1.82) is 0 Å². The normalized spacial score (nSPS) is 13.1. The highest BCUT2D eigenvalue weighted by atomic mass is 16.7. The minimum atomic E-state index is 0.120. The lowest BCUT2D eigenvalue weighted by Gasteiger charge is -2.11. The Morgan fingerprint density at radius 2 is 1.83 bits per heavy atom. The second-order valence-electron chi connectivity index (χ2n) is 4.04. The predicted molar refractivity (Wildman–Crippen MR) is 65.6 cm³/mol. The van der Waals surface area contributed by atoms with E-state index in [1.807, 2.05) is 42.5 Å². The summed E-state index contributed by atoms with van der Waals surface area (Å²) in [5, 5.41) is 0. The third-order valence-electron chi connectivity index (χ3n) is 2.97. The molecule has 0 spiro atoms. The van der Waals surface area contributed by atoms with Crippen LogP contribution < -0.4 is 9.47 Å². The highest BCUT2D eigenvalue weighted by Crippen LogP contribution is 2.39. The topological polar surface area (TPSA) is 44.5 Å². The first-order valence-electron chi connectivity index (χ1n) is 5.66. The van der Waals surface area contributed by atoms with Crippen LogP contribution in [-0.4, -0.2) is 11.8 Å². The molecule has 4 rings (SSSR count). The van der Waals surface area contributed by atoms with Crippen molar-refractivity contribution in [2.75, 3.05) is 6.79 Å². The zero-order chi connectivity index (χ0) is 11.9. The summed E-state index contributed by atoms with van der Waals surface area (Å²) >= 11 is 0. The van der Waals surface area contributed by atoms with Gasteiger partial charge in [0.15, 0.2) is 16.8 Å². The zero-order valence-corrected chi connectivity index (χ0v) is 9.42. The smallest absolute Gasteiger partial charge is 0.397 e. The summed E-state index contributed by atoms with van der Waals surface area (Å²) in [7, 11) is 0. The summed E-state index contributed by atoms with van der Waals surface area (Å²) in [5.41, 5.74) is 3.47. The minimum Gasteiger partial charge on any atom is -0.454 e. The van der Waals surface area contributed by atoms with Gasteiger partial charge < -0.3 is 13.9 Å². The first-order valence-corrected chi connectivity index (χ1v) is 5.66. The van der Waals surface area contributed by atoms with E-state index in [-0.39, 0.29) is 12.9 Å². The second kappa shape index (κ2) is 3.50. The molecule has 0 fully saturated rings. The Kier molecular flexibility index (Phi) is 1.85. The number of hydrogen-bond acceptors (Lipinski definition) is 4. The van der Waals surface area contributed by atoms with Crippen molar-refractivity contribution in [3.05, 3.63) is 42.5 Å². The number of fused-ring (bicyclic) bond motifs is 1. The lowest BCUT2D eigenvalue weighted by Crippen LogP contribution is -2.05. The van der Waals surface area contributed by atoms with Gasteiger partial charge in [-0.1, -0.05) is 30.3 Å². The van der Waals surface area contributed by atoms with Crippen LogP contribution in [0.3, 0.4) is 0 Å². The number of ether oxygens (including phenoxy) is 2. The van der Waals surface area contributed by atoms with E-state index in [1.165, 1.54) is 0 Å².